The summed E-state index contributed by atoms with van der Waals surface area (Å²) >= 11 is 7.36. The quantitative estimate of drug-likeness (QED) is 0.431. The van der Waals surface area contributed by atoms with Crippen LogP contribution in [0.2, 0.25) is 5.02 Å². The first-order chi connectivity index (χ1) is 17.9. The lowest BCUT2D eigenvalue weighted by molar-refractivity contribution is -0.121. The number of hydrazone groups is 1. The highest BCUT2D eigenvalue weighted by molar-refractivity contribution is 8.15. The number of amidine groups is 1. The van der Waals surface area contributed by atoms with Crippen molar-refractivity contribution in [1.82, 2.24) is 5.01 Å². The van der Waals surface area contributed by atoms with E-state index in [-0.39, 0.29) is 24.3 Å². The predicted octanol–water partition coefficient (Wildman–Crippen LogP) is 5.83. The number of benzene rings is 3. The van der Waals surface area contributed by atoms with Gasteiger partial charge in [0.15, 0.2) is 5.17 Å². The predicted molar refractivity (Wildman–Crippen MR) is 148 cm³/mol. The minimum Gasteiger partial charge on any atom is -0.497 e. The lowest BCUT2D eigenvalue weighted by Gasteiger charge is -2.23. The number of methoxy groups -OCH3 is 1. The summed E-state index contributed by atoms with van der Waals surface area (Å²) in [5.41, 5.74) is 4.64. The number of anilines is 1. The molecular weight excluding hydrogens is 508 g/mol. The summed E-state index contributed by atoms with van der Waals surface area (Å²) in [4.78, 5) is 29.8. The molecule has 9 heteroatoms. The first-order valence-corrected chi connectivity index (χ1v) is 13.1. The number of nitrogens with one attached hydrogen (secondary N) is 1. The molecule has 2 atom stereocenters. The Morgan fingerprint density at radius 3 is 2.46 bits per heavy atom. The Kier molecular flexibility index (Phi) is 7.30. The number of thioether (sulfide) groups is 1. The van der Waals surface area contributed by atoms with E-state index in [4.69, 9.17) is 21.4 Å². The number of ether oxygens (including phenoxy) is 1. The zero-order valence-corrected chi connectivity index (χ0v) is 21.9. The molecule has 0 spiro atoms. The Balaban J connectivity index is 1.35. The molecule has 2 aliphatic rings. The van der Waals surface area contributed by atoms with Crippen molar-refractivity contribution >= 4 is 51.7 Å². The first-order valence-electron chi connectivity index (χ1n) is 11.8. The van der Waals surface area contributed by atoms with Gasteiger partial charge in [0.1, 0.15) is 11.0 Å². The Labute approximate surface area is 224 Å². The van der Waals surface area contributed by atoms with Crippen molar-refractivity contribution in [3.8, 4) is 5.75 Å². The molecule has 0 aromatic heterocycles. The number of aryl methyl sites for hydroxylation is 1. The van der Waals surface area contributed by atoms with Crippen LogP contribution in [-0.4, -0.2) is 40.1 Å². The Morgan fingerprint density at radius 1 is 1.08 bits per heavy atom. The second-order valence-electron chi connectivity index (χ2n) is 8.85. The van der Waals surface area contributed by atoms with Gasteiger partial charge in [-0.1, -0.05) is 65.3 Å². The van der Waals surface area contributed by atoms with E-state index in [2.05, 4.69) is 10.3 Å². The molecule has 0 aliphatic carbocycles. The Morgan fingerprint density at radius 2 is 1.78 bits per heavy atom. The second-order valence-corrected chi connectivity index (χ2v) is 10.5. The monoisotopic (exact) mass is 532 g/mol. The van der Waals surface area contributed by atoms with E-state index in [1.807, 2.05) is 79.7 Å². The molecule has 2 heterocycles. The third-order valence-electron chi connectivity index (χ3n) is 6.22. The molecule has 0 unspecified atom stereocenters. The fourth-order valence-corrected chi connectivity index (χ4v) is 5.40. The topological polar surface area (TPSA) is 83.4 Å². The molecule has 3 aromatic carbocycles. The smallest absolute Gasteiger partial charge is 0.262 e. The maximum Gasteiger partial charge on any atom is 0.262 e. The molecule has 2 amide bonds. The zero-order chi connectivity index (χ0) is 25.9. The van der Waals surface area contributed by atoms with Crippen LogP contribution in [0, 0.1) is 6.92 Å². The van der Waals surface area contributed by atoms with Crippen LogP contribution in [0.15, 0.2) is 82.9 Å². The highest BCUT2D eigenvalue weighted by Gasteiger charge is 2.39. The summed E-state index contributed by atoms with van der Waals surface area (Å²) < 4.78 is 5.31. The van der Waals surface area contributed by atoms with Gasteiger partial charge < -0.3 is 10.1 Å². The fraction of sp³-hybridized carbons (Fsp3) is 0.214. The van der Waals surface area contributed by atoms with Crippen molar-refractivity contribution < 1.29 is 14.3 Å². The number of carbonyl (C=O) groups is 2. The van der Waals surface area contributed by atoms with Gasteiger partial charge in [0.25, 0.3) is 5.91 Å². The standard InChI is InChI=1S/C28H25ClN4O3S/c1-17-3-11-21(12-4-17)30-26(34)16-25-27(35)31-28(37-25)33-24(19-7-13-22(36-2)14-8-19)15-23(32-33)18-5-9-20(29)10-6-18/h3-14,24-25H,15-16H2,1-2H3,(H,30,34)/t24-,25-/m1/s1. The van der Waals surface area contributed by atoms with Crippen molar-refractivity contribution in [3.63, 3.8) is 0 Å². The SMILES string of the molecule is COc1ccc([C@H]2CC(c3ccc(Cl)cc3)=NN2C2=NC(=O)[C@@H](CC(=O)Nc3ccc(C)cc3)S2)cc1. The van der Waals surface area contributed by atoms with Crippen LogP contribution in [-0.2, 0) is 9.59 Å². The Bertz CT molecular complexity index is 1370. The number of rotatable bonds is 6. The van der Waals surface area contributed by atoms with Crippen molar-refractivity contribution in [3.05, 3.63) is 94.5 Å². The van der Waals surface area contributed by atoms with Crippen molar-refractivity contribution in [1.29, 1.82) is 0 Å². The summed E-state index contributed by atoms with van der Waals surface area (Å²) in [6.07, 6.45) is 0.652. The van der Waals surface area contributed by atoms with E-state index in [9.17, 15) is 9.59 Å². The minimum absolute atomic E-state index is 0.0270. The number of nitrogens with zero attached hydrogens (tertiary/aromatic N) is 3. The van der Waals surface area contributed by atoms with Crippen molar-refractivity contribution in [2.75, 3.05) is 12.4 Å². The van der Waals surface area contributed by atoms with Gasteiger partial charge in [-0.3, -0.25) is 9.59 Å². The number of hydrogen-bond donors (Lipinski definition) is 1. The second kappa shape index (κ2) is 10.8. The molecule has 3 aromatic rings. The third-order valence-corrected chi connectivity index (χ3v) is 7.61. The summed E-state index contributed by atoms with van der Waals surface area (Å²) in [6.45, 7) is 1.98. The molecule has 1 N–H and O–H groups in total. The van der Waals surface area contributed by atoms with E-state index >= 15 is 0 Å². The summed E-state index contributed by atoms with van der Waals surface area (Å²) in [7, 11) is 1.63. The van der Waals surface area contributed by atoms with Gasteiger partial charge in [-0.25, -0.2) is 5.01 Å². The van der Waals surface area contributed by atoms with Crippen LogP contribution in [0.5, 0.6) is 5.75 Å². The molecular formula is C28H25ClN4O3S. The first kappa shape index (κ1) is 25.0. The van der Waals surface area contributed by atoms with Gasteiger partial charge in [-0.05, 0) is 54.4 Å². The minimum atomic E-state index is -0.605. The van der Waals surface area contributed by atoms with Gasteiger partial charge >= 0.3 is 0 Å². The lowest BCUT2D eigenvalue weighted by atomic mass is 9.98. The molecule has 0 saturated heterocycles. The average Bonchev–Trinajstić information content (AvgIpc) is 3.50. The summed E-state index contributed by atoms with van der Waals surface area (Å²) in [5, 5.41) is 10.1. The molecule has 2 aliphatic heterocycles. The molecule has 7 nitrogen and oxygen atoms in total. The van der Waals surface area contributed by atoms with Crippen LogP contribution in [0.25, 0.3) is 0 Å². The van der Waals surface area contributed by atoms with Gasteiger partial charge in [0, 0.05) is 23.6 Å². The number of aliphatic imine (C=N–C) groups is 1. The van der Waals surface area contributed by atoms with Gasteiger partial charge in [-0.15, -0.1) is 0 Å². The normalized spacial score (nSPS) is 19.0. The van der Waals surface area contributed by atoms with Gasteiger partial charge in [0.2, 0.25) is 5.91 Å². The number of carbonyl (C=O) groups excluding carboxylic acids is 2. The van der Waals surface area contributed by atoms with E-state index in [0.29, 0.717) is 22.3 Å². The fourth-order valence-electron chi connectivity index (χ4n) is 4.21. The van der Waals surface area contributed by atoms with E-state index in [0.717, 1.165) is 28.2 Å². The molecule has 0 bridgehead atoms. The Hall–Kier alpha value is -3.62. The average molecular weight is 533 g/mol. The third kappa shape index (κ3) is 5.70. The highest BCUT2D eigenvalue weighted by Crippen LogP contribution is 2.39. The van der Waals surface area contributed by atoms with Crippen LogP contribution in [0.1, 0.15) is 35.6 Å². The van der Waals surface area contributed by atoms with Gasteiger partial charge in [0.05, 0.1) is 18.9 Å². The number of hydrogen-bond acceptors (Lipinski definition) is 6. The van der Waals surface area contributed by atoms with Crippen LogP contribution in [0.3, 0.4) is 0 Å². The molecule has 188 valence electrons. The largest absolute Gasteiger partial charge is 0.497 e. The molecule has 0 saturated carbocycles. The summed E-state index contributed by atoms with van der Waals surface area (Å²) in [6, 6.07) is 22.7. The number of halogens is 1. The highest BCUT2D eigenvalue weighted by atomic mass is 35.5. The van der Waals surface area contributed by atoms with Crippen LogP contribution in [0.4, 0.5) is 5.69 Å². The molecule has 5 rings (SSSR count). The summed E-state index contributed by atoms with van der Waals surface area (Å²) in [5.74, 6) is 0.196. The zero-order valence-electron chi connectivity index (χ0n) is 20.3. The van der Waals surface area contributed by atoms with Crippen LogP contribution >= 0.6 is 23.4 Å². The van der Waals surface area contributed by atoms with Crippen LogP contribution < -0.4 is 10.1 Å². The molecule has 0 radical (unpaired) electrons. The van der Waals surface area contributed by atoms with E-state index in [1.165, 1.54) is 11.8 Å². The molecule has 37 heavy (non-hydrogen) atoms. The lowest BCUT2D eigenvalue weighted by Crippen LogP contribution is -2.25. The van der Waals surface area contributed by atoms with Crippen molar-refractivity contribution in [2.45, 2.75) is 31.1 Å². The maximum absolute atomic E-state index is 12.8. The number of amides is 2. The molecule has 0 fully saturated rings. The van der Waals surface area contributed by atoms with E-state index in [1.54, 1.807) is 12.1 Å². The maximum atomic E-state index is 12.8. The van der Waals surface area contributed by atoms with Crippen molar-refractivity contribution in [2.24, 2.45) is 10.1 Å². The van der Waals surface area contributed by atoms with Gasteiger partial charge in [-0.2, -0.15) is 10.1 Å². The van der Waals surface area contributed by atoms with E-state index < -0.39 is 5.25 Å².